The standard InChI is InChI=1S/C16H23N3OS/c1-10-7-8-11(2)14-13(10)17-15(21-14)19(6)9-12(20)18-16(3,4)5/h7-8H,9H2,1-6H3,(H,18,20). The molecule has 114 valence electrons. The summed E-state index contributed by atoms with van der Waals surface area (Å²) in [5, 5.41) is 3.85. The Bertz CT molecular complexity index is 631. The minimum Gasteiger partial charge on any atom is -0.350 e. The minimum atomic E-state index is -0.210. The summed E-state index contributed by atoms with van der Waals surface area (Å²) in [5.41, 5.74) is 3.23. The molecule has 0 saturated heterocycles. The molecule has 0 spiro atoms. The van der Waals surface area contributed by atoms with Crippen molar-refractivity contribution in [1.82, 2.24) is 10.3 Å². The van der Waals surface area contributed by atoms with E-state index in [1.165, 1.54) is 15.8 Å². The Kier molecular flexibility index (Phi) is 4.23. The van der Waals surface area contributed by atoms with Crippen molar-refractivity contribution in [1.29, 1.82) is 0 Å². The molecule has 4 nitrogen and oxygen atoms in total. The molecule has 0 atom stereocenters. The van der Waals surface area contributed by atoms with Crippen molar-refractivity contribution in [3.63, 3.8) is 0 Å². The fourth-order valence-corrected chi connectivity index (χ4v) is 3.22. The Morgan fingerprint density at radius 2 is 1.90 bits per heavy atom. The van der Waals surface area contributed by atoms with E-state index < -0.39 is 0 Å². The van der Waals surface area contributed by atoms with E-state index in [1.54, 1.807) is 11.3 Å². The van der Waals surface area contributed by atoms with E-state index in [-0.39, 0.29) is 11.4 Å². The molecule has 0 fully saturated rings. The second kappa shape index (κ2) is 5.64. The van der Waals surface area contributed by atoms with E-state index in [2.05, 4.69) is 36.3 Å². The van der Waals surface area contributed by atoms with Gasteiger partial charge >= 0.3 is 0 Å². The molecule has 0 aliphatic heterocycles. The normalized spacial score (nSPS) is 11.7. The van der Waals surface area contributed by atoms with Crippen molar-refractivity contribution in [3.05, 3.63) is 23.3 Å². The summed E-state index contributed by atoms with van der Waals surface area (Å²) in [4.78, 5) is 18.6. The van der Waals surface area contributed by atoms with Crippen LogP contribution in [0.1, 0.15) is 31.9 Å². The molecule has 5 heteroatoms. The first-order chi connectivity index (χ1) is 9.67. The second-order valence-electron chi connectivity index (χ2n) is 6.53. The van der Waals surface area contributed by atoms with Crippen LogP contribution in [0, 0.1) is 13.8 Å². The van der Waals surface area contributed by atoms with Crippen molar-refractivity contribution in [2.45, 2.75) is 40.2 Å². The zero-order valence-corrected chi connectivity index (χ0v) is 14.4. The highest BCUT2D eigenvalue weighted by Crippen LogP contribution is 2.32. The van der Waals surface area contributed by atoms with E-state index in [0.29, 0.717) is 6.54 Å². The fraction of sp³-hybridized carbons (Fsp3) is 0.500. The molecule has 0 aliphatic rings. The van der Waals surface area contributed by atoms with E-state index in [9.17, 15) is 4.79 Å². The lowest BCUT2D eigenvalue weighted by Crippen LogP contribution is -2.45. The van der Waals surface area contributed by atoms with Gasteiger partial charge in [-0.15, -0.1) is 0 Å². The summed E-state index contributed by atoms with van der Waals surface area (Å²) in [7, 11) is 1.91. The highest BCUT2D eigenvalue weighted by atomic mass is 32.1. The summed E-state index contributed by atoms with van der Waals surface area (Å²) >= 11 is 1.64. The Morgan fingerprint density at radius 1 is 1.29 bits per heavy atom. The molecule has 21 heavy (non-hydrogen) atoms. The number of anilines is 1. The number of nitrogens with zero attached hydrogens (tertiary/aromatic N) is 2. The number of fused-ring (bicyclic) bond motifs is 1. The number of carbonyl (C=O) groups is 1. The first-order valence-corrected chi connectivity index (χ1v) is 7.88. The number of carbonyl (C=O) groups excluding carboxylic acids is 1. The van der Waals surface area contributed by atoms with E-state index in [0.717, 1.165) is 10.6 Å². The third-order valence-electron chi connectivity index (χ3n) is 3.15. The lowest BCUT2D eigenvalue weighted by atomic mass is 10.1. The number of hydrogen-bond donors (Lipinski definition) is 1. The van der Waals surface area contributed by atoms with Gasteiger partial charge in [0.25, 0.3) is 0 Å². The highest BCUT2D eigenvalue weighted by molar-refractivity contribution is 7.22. The zero-order valence-electron chi connectivity index (χ0n) is 13.6. The van der Waals surface area contributed by atoms with Crippen LogP contribution in [0.5, 0.6) is 0 Å². The van der Waals surface area contributed by atoms with Gasteiger partial charge in [-0.1, -0.05) is 23.5 Å². The Labute approximate surface area is 130 Å². The number of likely N-dealkylation sites (N-methyl/N-ethyl adjacent to an activating group) is 1. The molecule has 0 radical (unpaired) electrons. The Balaban J connectivity index is 2.20. The predicted molar refractivity (Wildman–Crippen MR) is 90.3 cm³/mol. The van der Waals surface area contributed by atoms with Crippen LogP contribution in [0.25, 0.3) is 10.2 Å². The average molecular weight is 305 g/mol. The average Bonchev–Trinajstić information content (AvgIpc) is 2.77. The minimum absolute atomic E-state index is 0.0118. The summed E-state index contributed by atoms with van der Waals surface area (Å²) < 4.78 is 1.20. The zero-order chi connectivity index (χ0) is 15.8. The van der Waals surface area contributed by atoms with Gasteiger partial charge < -0.3 is 10.2 Å². The number of hydrogen-bond acceptors (Lipinski definition) is 4. The molecule has 2 rings (SSSR count). The Morgan fingerprint density at radius 3 is 2.48 bits per heavy atom. The quantitative estimate of drug-likeness (QED) is 0.946. The molecule has 0 bridgehead atoms. The van der Waals surface area contributed by atoms with Crippen molar-refractivity contribution in [3.8, 4) is 0 Å². The topological polar surface area (TPSA) is 45.2 Å². The SMILES string of the molecule is Cc1ccc(C)c2sc(N(C)CC(=O)NC(C)(C)C)nc12. The van der Waals surface area contributed by atoms with Crippen molar-refractivity contribution in [2.24, 2.45) is 0 Å². The maximum atomic E-state index is 12.0. The van der Waals surface area contributed by atoms with Crippen LogP contribution in [0.2, 0.25) is 0 Å². The van der Waals surface area contributed by atoms with Gasteiger partial charge in [-0.3, -0.25) is 4.79 Å². The molecule has 1 aromatic carbocycles. The van der Waals surface area contributed by atoms with Crippen LogP contribution in [-0.4, -0.2) is 30.0 Å². The van der Waals surface area contributed by atoms with Gasteiger partial charge in [0.15, 0.2) is 5.13 Å². The van der Waals surface area contributed by atoms with Crippen molar-refractivity contribution >= 4 is 32.6 Å². The highest BCUT2D eigenvalue weighted by Gasteiger charge is 2.17. The van der Waals surface area contributed by atoms with Gasteiger partial charge in [0.1, 0.15) is 0 Å². The molecule has 1 aromatic heterocycles. The van der Waals surface area contributed by atoms with Gasteiger partial charge in [0.05, 0.1) is 16.8 Å². The van der Waals surface area contributed by atoms with Crippen LogP contribution in [0.4, 0.5) is 5.13 Å². The third kappa shape index (κ3) is 3.73. The number of rotatable bonds is 3. The first kappa shape index (κ1) is 15.8. The lowest BCUT2D eigenvalue weighted by Gasteiger charge is -2.23. The lowest BCUT2D eigenvalue weighted by molar-refractivity contribution is -0.121. The van der Waals surface area contributed by atoms with Crippen LogP contribution >= 0.6 is 11.3 Å². The molecular weight excluding hydrogens is 282 g/mol. The number of thiazole rings is 1. The summed E-state index contributed by atoms with van der Waals surface area (Å²) in [5.74, 6) is 0.0118. The predicted octanol–water partition coefficient (Wildman–Crippen LogP) is 3.26. The summed E-state index contributed by atoms with van der Waals surface area (Å²) in [6.07, 6.45) is 0. The third-order valence-corrected chi connectivity index (χ3v) is 4.46. The molecule has 0 saturated carbocycles. The van der Waals surface area contributed by atoms with Gasteiger partial charge in [-0.2, -0.15) is 0 Å². The second-order valence-corrected chi connectivity index (χ2v) is 7.51. The van der Waals surface area contributed by atoms with Crippen LogP contribution < -0.4 is 10.2 Å². The molecular formula is C16H23N3OS. The van der Waals surface area contributed by atoms with Crippen LogP contribution in [0.15, 0.2) is 12.1 Å². The van der Waals surface area contributed by atoms with Crippen molar-refractivity contribution in [2.75, 3.05) is 18.5 Å². The van der Waals surface area contributed by atoms with Gasteiger partial charge in [-0.05, 0) is 45.7 Å². The molecule has 1 N–H and O–H groups in total. The Hall–Kier alpha value is -1.62. The molecule has 2 aromatic rings. The fourth-order valence-electron chi connectivity index (χ4n) is 2.15. The summed E-state index contributed by atoms with van der Waals surface area (Å²) in [6.45, 7) is 10.4. The largest absolute Gasteiger partial charge is 0.350 e. The van der Waals surface area contributed by atoms with E-state index in [1.807, 2.05) is 32.7 Å². The summed E-state index contributed by atoms with van der Waals surface area (Å²) in [6, 6.07) is 4.21. The number of aryl methyl sites for hydroxylation is 2. The first-order valence-electron chi connectivity index (χ1n) is 7.06. The van der Waals surface area contributed by atoms with Crippen LogP contribution in [-0.2, 0) is 4.79 Å². The molecule has 0 unspecified atom stereocenters. The molecule has 1 heterocycles. The number of nitrogens with one attached hydrogen (secondary N) is 1. The van der Waals surface area contributed by atoms with Crippen molar-refractivity contribution < 1.29 is 4.79 Å². The van der Waals surface area contributed by atoms with E-state index in [4.69, 9.17) is 0 Å². The number of amides is 1. The smallest absolute Gasteiger partial charge is 0.239 e. The van der Waals surface area contributed by atoms with Gasteiger partial charge in [0, 0.05) is 12.6 Å². The molecule has 0 aliphatic carbocycles. The van der Waals surface area contributed by atoms with Gasteiger partial charge in [0.2, 0.25) is 5.91 Å². The maximum absolute atomic E-state index is 12.0. The number of benzene rings is 1. The number of aromatic nitrogens is 1. The van der Waals surface area contributed by atoms with Gasteiger partial charge in [-0.25, -0.2) is 4.98 Å². The maximum Gasteiger partial charge on any atom is 0.239 e. The monoisotopic (exact) mass is 305 g/mol. The van der Waals surface area contributed by atoms with Crippen LogP contribution in [0.3, 0.4) is 0 Å². The molecule has 1 amide bonds. The van der Waals surface area contributed by atoms with E-state index >= 15 is 0 Å².